The Hall–Kier alpha value is -2.28. The second-order valence-electron chi connectivity index (χ2n) is 9.55. The highest BCUT2D eigenvalue weighted by molar-refractivity contribution is 5.99. The first-order valence-electron chi connectivity index (χ1n) is 12.1. The molecule has 2 amide bonds. The van der Waals surface area contributed by atoms with Crippen molar-refractivity contribution < 1.29 is 19.1 Å². The van der Waals surface area contributed by atoms with Gasteiger partial charge in [0, 0.05) is 36.5 Å². The third-order valence-electron chi connectivity index (χ3n) is 7.80. The van der Waals surface area contributed by atoms with Crippen molar-refractivity contribution in [2.75, 3.05) is 39.2 Å². The van der Waals surface area contributed by atoms with E-state index < -0.39 is 5.54 Å². The number of carbonyl (C=O) groups is 2. The zero-order valence-electron chi connectivity index (χ0n) is 19.5. The maximum Gasteiger partial charge on any atom is 0.250 e. The van der Waals surface area contributed by atoms with E-state index in [1.165, 1.54) is 38.8 Å². The zero-order valence-corrected chi connectivity index (χ0v) is 19.5. The van der Waals surface area contributed by atoms with Crippen molar-refractivity contribution in [2.24, 2.45) is 5.92 Å². The molecule has 0 aromatic heterocycles. The van der Waals surface area contributed by atoms with Gasteiger partial charge in [0.05, 0.1) is 14.2 Å². The molecular formula is C25H37N3O4. The fourth-order valence-corrected chi connectivity index (χ4v) is 6.09. The van der Waals surface area contributed by atoms with Gasteiger partial charge in [-0.05, 0) is 57.5 Å². The summed E-state index contributed by atoms with van der Waals surface area (Å²) < 4.78 is 10.7. The van der Waals surface area contributed by atoms with Crippen molar-refractivity contribution in [3.8, 4) is 11.5 Å². The van der Waals surface area contributed by atoms with Crippen LogP contribution >= 0.6 is 0 Å². The van der Waals surface area contributed by atoms with E-state index >= 15 is 0 Å². The van der Waals surface area contributed by atoms with Gasteiger partial charge >= 0.3 is 0 Å². The Kier molecular flexibility index (Phi) is 7.23. The maximum atomic E-state index is 13.7. The van der Waals surface area contributed by atoms with Gasteiger partial charge in [-0.2, -0.15) is 0 Å². The molecule has 3 aliphatic rings. The molecule has 1 aromatic carbocycles. The Balaban J connectivity index is 1.54. The Bertz CT molecular complexity index is 784. The molecule has 1 aromatic rings. The van der Waals surface area contributed by atoms with Crippen LogP contribution in [0.4, 0.5) is 5.69 Å². The number of rotatable bonds is 8. The summed E-state index contributed by atoms with van der Waals surface area (Å²) >= 11 is 0. The minimum Gasteiger partial charge on any atom is -0.497 e. The highest BCUT2D eigenvalue weighted by Crippen LogP contribution is 2.39. The van der Waals surface area contributed by atoms with E-state index in [1.807, 2.05) is 4.90 Å². The smallest absolute Gasteiger partial charge is 0.250 e. The molecule has 2 heterocycles. The highest BCUT2D eigenvalue weighted by atomic mass is 16.5. The van der Waals surface area contributed by atoms with E-state index in [-0.39, 0.29) is 5.91 Å². The Morgan fingerprint density at radius 1 is 1.06 bits per heavy atom. The lowest BCUT2D eigenvalue weighted by Crippen LogP contribution is -2.58. The predicted molar refractivity (Wildman–Crippen MR) is 124 cm³/mol. The average Bonchev–Trinajstić information content (AvgIpc) is 3.33. The molecule has 7 heteroatoms. The molecule has 1 saturated carbocycles. The molecule has 2 atom stereocenters. The SMILES string of the molecule is COc1cc(NC(=O)C2(N(C=O)CC3CCCN4CCCCC34)CCCC2)cc(OC)c1. The molecule has 3 fully saturated rings. The van der Waals surface area contributed by atoms with E-state index in [0.29, 0.717) is 48.5 Å². The second kappa shape index (κ2) is 10.1. The van der Waals surface area contributed by atoms with E-state index in [2.05, 4.69) is 10.2 Å². The summed E-state index contributed by atoms with van der Waals surface area (Å²) in [5.41, 5.74) is -0.158. The van der Waals surface area contributed by atoms with Crippen LogP contribution in [-0.2, 0) is 9.59 Å². The second-order valence-corrected chi connectivity index (χ2v) is 9.55. The predicted octanol–water partition coefficient (Wildman–Crippen LogP) is 3.68. The first-order chi connectivity index (χ1) is 15.6. The lowest BCUT2D eigenvalue weighted by molar-refractivity contribution is -0.138. The van der Waals surface area contributed by atoms with Gasteiger partial charge in [-0.3, -0.25) is 9.59 Å². The Morgan fingerprint density at radius 2 is 1.75 bits per heavy atom. The minimum absolute atomic E-state index is 0.103. The largest absolute Gasteiger partial charge is 0.497 e. The number of nitrogens with zero attached hydrogens (tertiary/aromatic N) is 2. The van der Waals surface area contributed by atoms with Crippen molar-refractivity contribution in [3.05, 3.63) is 18.2 Å². The number of ether oxygens (including phenoxy) is 2. The van der Waals surface area contributed by atoms with Crippen LogP contribution in [0.15, 0.2) is 18.2 Å². The number of hydrogen-bond donors (Lipinski definition) is 1. The van der Waals surface area contributed by atoms with Crippen molar-refractivity contribution in [2.45, 2.75) is 69.4 Å². The summed E-state index contributed by atoms with van der Waals surface area (Å²) in [6, 6.07) is 5.90. The molecule has 2 saturated heterocycles. The monoisotopic (exact) mass is 443 g/mol. The molecule has 32 heavy (non-hydrogen) atoms. The number of hydrogen-bond acceptors (Lipinski definition) is 5. The van der Waals surface area contributed by atoms with Gasteiger partial charge in [-0.25, -0.2) is 0 Å². The summed E-state index contributed by atoms with van der Waals surface area (Å²) in [6.07, 6.45) is 10.3. The third-order valence-corrected chi connectivity index (χ3v) is 7.80. The van der Waals surface area contributed by atoms with E-state index in [0.717, 1.165) is 25.7 Å². The topological polar surface area (TPSA) is 71.1 Å². The molecule has 0 spiro atoms. The van der Waals surface area contributed by atoms with Gasteiger partial charge < -0.3 is 24.6 Å². The number of benzene rings is 1. The van der Waals surface area contributed by atoms with Crippen LogP contribution in [0.2, 0.25) is 0 Å². The molecule has 7 nitrogen and oxygen atoms in total. The van der Waals surface area contributed by atoms with Gasteiger partial charge in [-0.15, -0.1) is 0 Å². The first-order valence-corrected chi connectivity index (χ1v) is 12.1. The average molecular weight is 444 g/mol. The molecule has 176 valence electrons. The van der Waals surface area contributed by atoms with Crippen LogP contribution in [0.25, 0.3) is 0 Å². The number of nitrogens with one attached hydrogen (secondary N) is 1. The van der Waals surface area contributed by atoms with Crippen LogP contribution in [0.3, 0.4) is 0 Å². The molecule has 0 bridgehead atoms. The fraction of sp³-hybridized carbons (Fsp3) is 0.680. The number of anilines is 1. The van der Waals surface area contributed by atoms with Crippen molar-refractivity contribution in [3.63, 3.8) is 0 Å². The number of amides is 2. The van der Waals surface area contributed by atoms with Crippen LogP contribution in [0.1, 0.15) is 57.8 Å². The number of piperidine rings is 2. The minimum atomic E-state index is -0.783. The van der Waals surface area contributed by atoms with Gasteiger partial charge in [0.15, 0.2) is 0 Å². The van der Waals surface area contributed by atoms with Crippen LogP contribution in [-0.4, -0.2) is 67.6 Å². The normalized spacial score (nSPS) is 24.9. The fourth-order valence-electron chi connectivity index (χ4n) is 6.09. The van der Waals surface area contributed by atoms with Crippen LogP contribution in [0, 0.1) is 5.92 Å². The third kappa shape index (κ3) is 4.58. The molecular weight excluding hydrogens is 406 g/mol. The lowest BCUT2D eigenvalue weighted by Gasteiger charge is -2.47. The Labute approximate surface area is 191 Å². The molecule has 2 aliphatic heterocycles. The first kappa shape index (κ1) is 22.9. The Morgan fingerprint density at radius 3 is 2.41 bits per heavy atom. The summed E-state index contributed by atoms with van der Waals surface area (Å²) in [4.78, 5) is 30.5. The number of methoxy groups -OCH3 is 2. The summed E-state index contributed by atoms with van der Waals surface area (Å²) in [6.45, 7) is 3.01. The van der Waals surface area contributed by atoms with Crippen molar-refractivity contribution in [1.29, 1.82) is 0 Å². The molecule has 1 aliphatic carbocycles. The summed E-state index contributed by atoms with van der Waals surface area (Å²) in [5, 5.41) is 3.07. The van der Waals surface area contributed by atoms with Crippen LogP contribution < -0.4 is 14.8 Å². The zero-order chi connectivity index (χ0) is 22.6. The number of carbonyl (C=O) groups excluding carboxylic acids is 2. The summed E-state index contributed by atoms with van der Waals surface area (Å²) in [5.74, 6) is 1.57. The lowest BCUT2D eigenvalue weighted by atomic mass is 9.82. The van der Waals surface area contributed by atoms with Crippen molar-refractivity contribution >= 4 is 18.0 Å². The molecule has 4 rings (SSSR count). The van der Waals surface area contributed by atoms with Crippen LogP contribution in [0.5, 0.6) is 11.5 Å². The highest BCUT2D eigenvalue weighted by Gasteiger charge is 2.47. The maximum absolute atomic E-state index is 13.7. The van der Waals surface area contributed by atoms with Crippen molar-refractivity contribution in [1.82, 2.24) is 9.80 Å². The molecule has 0 radical (unpaired) electrons. The van der Waals surface area contributed by atoms with E-state index in [1.54, 1.807) is 32.4 Å². The van der Waals surface area contributed by atoms with Gasteiger partial charge in [0.25, 0.3) is 0 Å². The van der Waals surface area contributed by atoms with Gasteiger partial charge in [-0.1, -0.05) is 19.3 Å². The number of fused-ring (bicyclic) bond motifs is 1. The standard InChI is InChI=1S/C25H37N3O4/c1-31-21-14-20(15-22(16-21)32-2)26-24(30)25(10-4-5-11-25)28(18-29)17-19-8-7-13-27-12-6-3-9-23(19)27/h14-16,18-19,23H,3-13,17H2,1-2H3,(H,26,30). The van der Waals surface area contributed by atoms with E-state index in [9.17, 15) is 9.59 Å². The van der Waals surface area contributed by atoms with Gasteiger partial charge in [0.1, 0.15) is 17.0 Å². The quantitative estimate of drug-likeness (QED) is 0.621. The van der Waals surface area contributed by atoms with E-state index in [4.69, 9.17) is 9.47 Å². The molecule has 1 N–H and O–H groups in total. The van der Waals surface area contributed by atoms with Gasteiger partial charge in [0.2, 0.25) is 12.3 Å². The molecule has 2 unspecified atom stereocenters. The summed E-state index contributed by atoms with van der Waals surface area (Å²) in [7, 11) is 3.18.